The van der Waals surface area contributed by atoms with E-state index in [-0.39, 0.29) is 18.5 Å². The van der Waals surface area contributed by atoms with Crippen LogP contribution in [0.3, 0.4) is 0 Å². The fraction of sp³-hybridized carbons (Fsp3) is 0.333. The molecule has 1 amide bonds. The molecule has 1 heterocycles. The van der Waals surface area contributed by atoms with Crippen molar-refractivity contribution in [2.24, 2.45) is 5.73 Å². The number of nitrogens with zero attached hydrogens (tertiary/aromatic N) is 2. The largest absolute Gasteiger partial charge is 0.383 e. The van der Waals surface area contributed by atoms with Crippen molar-refractivity contribution in [2.75, 3.05) is 20.3 Å². The van der Waals surface area contributed by atoms with Gasteiger partial charge in [0.15, 0.2) is 0 Å². The number of aromatic nitrogens is 2. The molecule has 6 heteroatoms. The number of methoxy groups -OCH3 is 1. The number of amides is 1. The van der Waals surface area contributed by atoms with Crippen LogP contribution in [-0.2, 0) is 16.1 Å². The number of imidazole rings is 1. The summed E-state index contributed by atoms with van der Waals surface area (Å²) in [6, 6.07) is 9.43. The summed E-state index contributed by atoms with van der Waals surface area (Å²) in [5.74, 6) is -0.0911. The fourth-order valence-electron chi connectivity index (χ4n) is 2.06. The normalized spacial score (nSPS) is 12.1. The molecule has 1 aromatic carbocycles. The topological polar surface area (TPSA) is 82.2 Å². The van der Waals surface area contributed by atoms with Crippen LogP contribution in [0.25, 0.3) is 0 Å². The number of carbonyl (C=O) groups excluding carboxylic acids is 1. The summed E-state index contributed by atoms with van der Waals surface area (Å²) in [5.41, 5.74) is 8.04. The molecular formula is C15H20N4O2. The molecule has 0 spiro atoms. The summed E-state index contributed by atoms with van der Waals surface area (Å²) in [6.07, 6.45) is 3.31. The fourth-order valence-corrected chi connectivity index (χ4v) is 2.06. The molecule has 0 aliphatic rings. The van der Waals surface area contributed by atoms with Crippen molar-refractivity contribution in [1.29, 1.82) is 0 Å². The lowest BCUT2D eigenvalue weighted by Crippen LogP contribution is -2.31. The lowest BCUT2D eigenvalue weighted by Gasteiger charge is -2.15. The Balaban J connectivity index is 2.03. The first-order chi connectivity index (χ1) is 10.2. The molecule has 0 bridgehead atoms. The zero-order chi connectivity index (χ0) is 15.1. The molecule has 0 radical (unpaired) electrons. The van der Waals surface area contributed by atoms with Gasteiger partial charge < -0.3 is 20.4 Å². The van der Waals surface area contributed by atoms with Crippen LogP contribution < -0.4 is 11.1 Å². The van der Waals surface area contributed by atoms with Gasteiger partial charge >= 0.3 is 0 Å². The number of hydrogen-bond donors (Lipinski definition) is 2. The Bertz CT molecular complexity index is 568. The third-order valence-electron chi connectivity index (χ3n) is 3.16. The summed E-state index contributed by atoms with van der Waals surface area (Å²) < 4.78 is 6.66. The van der Waals surface area contributed by atoms with Crippen molar-refractivity contribution in [1.82, 2.24) is 14.9 Å². The molecule has 21 heavy (non-hydrogen) atoms. The van der Waals surface area contributed by atoms with Gasteiger partial charge in [-0.2, -0.15) is 0 Å². The first kappa shape index (κ1) is 15.2. The molecule has 0 fully saturated rings. The molecule has 112 valence electrons. The summed E-state index contributed by atoms with van der Waals surface area (Å²) in [4.78, 5) is 15.9. The van der Waals surface area contributed by atoms with E-state index in [2.05, 4.69) is 10.3 Å². The molecule has 1 unspecified atom stereocenters. The number of hydrogen-bond acceptors (Lipinski definition) is 4. The Morgan fingerprint density at radius 2 is 2.19 bits per heavy atom. The van der Waals surface area contributed by atoms with Gasteiger partial charge in [0.1, 0.15) is 6.54 Å². The van der Waals surface area contributed by atoms with Crippen LogP contribution in [0.5, 0.6) is 0 Å². The van der Waals surface area contributed by atoms with Gasteiger partial charge in [0.05, 0.1) is 30.9 Å². The van der Waals surface area contributed by atoms with Crippen LogP contribution in [0.2, 0.25) is 0 Å². The Kier molecular flexibility index (Phi) is 5.48. The molecule has 1 atom stereocenters. The minimum atomic E-state index is -0.305. The quantitative estimate of drug-likeness (QED) is 0.735. The third kappa shape index (κ3) is 4.14. The van der Waals surface area contributed by atoms with Gasteiger partial charge in [-0.25, -0.2) is 4.98 Å². The minimum absolute atomic E-state index is 0.0911. The summed E-state index contributed by atoms with van der Waals surface area (Å²) >= 11 is 0. The van der Waals surface area contributed by atoms with E-state index in [1.807, 2.05) is 30.3 Å². The van der Waals surface area contributed by atoms with E-state index < -0.39 is 0 Å². The van der Waals surface area contributed by atoms with Gasteiger partial charge in [0.25, 0.3) is 0 Å². The maximum absolute atomic E-state index is 11.8. The van der Waals surface area contributed by atoms with Gasteiger partial charge in [-0.05, 0) is 5.56 Å². The molecule has 3 N–H and O–H groups in total. The lowest BCUT2D eigenvalue weighted by molar-refractivity contribution is -0.121. The van der Waals surface area contributed by atoms with Gasteiger partial charge in [-0.3, -0.25) is 4.79 Å². The highest BCUT2D eigenvalue weighted by molar-refractivity contribution is 5.75. The smallest absolute Gasteiger partial charge is 0.240 e. The SMILES string of the molecule is COCCNC(=O)Cn1cncc1C(N)c1ccccc1. The van der Waals surface area contributed by atoms with E-state index >= 15 is 0 Å². The van der Waals surface area contributed by atoms with Crippen molar-refractivity contribution < 1.29 is 9.53 Å². The number of benzene rings is 1. The summed E-state index contributed by atoms with van der Waals surface area (Å²) in [7, 11) is 1.60. The van der Waals surface area contributed by atoms with Crippen molar-refractivity contribution in [3.63, 3.8) is 0 Å². The maximum Gasteiger partial charge on any atom is 0.240 e. The predicted molar refractivity (Wildman–Crippen MR) is 79.6 cm³/mol. The van der Waals surface area contributed by atoms with Crippen LogP contribution in [0, 0.1) is 0 Å². The predicted octanol–water partition coefficient (Wildman–Crippen LogP) is 0.694. The van der Waals surface area contributed by atoms with E-state index in [1.165, 1.54) is 0 Å². The van der Waals surface area contributed by atoms with E-state index in [0.717, 1.165) is 11.3 Å². The monoisotopic (exact) mass is 288 g/mol. The van der Waals surface area contributed by atoms with Gasteiger partial charge in [-0.15, -0.1) is 0 Å². The average Bonchev–Trinajstić information content (AvgIpc) is 2.95. The Hall–Kier alpha value is -2.18. The number of ether oxygens (including phenoxy) is 1. The Morgan fingerprint density at radius 1 is 1.43 bits per heavy atom. The van der Waals surface area contributed by atoms with E-state index in [4.69, 9.17) is 10.5 Å². The molecule has 0 aliphatic carbocycles. The van der Waals surface area contributed by atoms with Crippen LogP contribution in [-0.4, -0.2) is 35.7 Å². The van der Waals surface area contributed by atoms with Gasteiger partial charge in [-0.1, -0.05) is 30.3 Å². The molecular weight excluding hydrogens is 268 g/mol. The number of nitrogens with two attached hydrogens (primary N) is 1. The van der Waals surface area contributed by atoms with Crippen molar-refractivity contribution in [3.8, 4) is 0 Å². The van der Waals surface area contributed by atoms with E-state index in [9.17, 15) is 4.79 Å². The van der Waals surface area contributed by atoms with Gasteiger partial charge in [0.2, 0.25) is 5.91 Å². The Morgan fingerprint density at radius 3 is 2.90 bits per heavy atom. The third-order valence-corrected chi connectivity index (χ3v) is 3.16. The van der Waals surface area contributed by atoms with Crippen molar-refractivity contribution in [2.45, 2.75) is 12.6 Å². The molecule has 0 saturated carbocycles. The zero-order valence-corrected chi connectivity index (χ0v) is 12.0. The van der Waals surface area contributed by atoms with Crippen molar-refractivity contribution in [3.05, 3.63) is 54.1 Å². The first-order valence-electron chi connectivity index (χ1n) is 6.78. The van der Waals surface area contributed by atoms with Crippen LogP contribution >= 0.6 is 0 Å². The zero-order valence-electron chi connectivity index (χ0n) is 12.0. The van der Waals surface area contributed by atoms with Gasteiger partial charge in [0, 0.05) is 13.7 Å². The summed E-state index contributed by atoms with van der Waals surface area (Å²) in [5, 5.41) is 2.77. The van der Waals surface area contributed by atoms with E-state index in [1.54, 1.807) is 24.2 Å². The molecule has 1 aromatic heterocycles. The van der Waals surface area contributed by atoms with Crippen LogP contribution in [0.4, 0.5) is 0 Å². The van der Waals surface area contributed by atoms with Crippen LogP contribution in [0.15, 0.2) is 42.9 Å². The second kappa shape index (κ2) is 7.56. The highest BCUT2D eigenvalue weighted by Crippen LogP contribution is 2.18. The molecule has 6 nitrogen and oxygen atoms in total. The Labute approximate surface area is 123 Å². The summed E-state index contributed by atoms with van der Waals surface area (Å²) in [6.45, 7) is 1.18. The van der Waals surface area contributed by atoms with Crippen molar-refractivity contribution >= 4 is 5.91 Å². The first-order valence-corrected chi connectivity index (χ1v) is 6.78. The highest BCUT2D eigenvalue weighted by atomic mass is 16.5. The number of carbonyl (C=O) groups is 1. The molecule has 2 rings (SSSR count). The number of nitrogens with one attached hydrogen (secondary N) is 1. The highest BCUT2D eigenvalue weighted by Gasteiger charge is 2.15. The second-order valence-corrected chi connectivity index (χ2v) is 4.68. The standard InChI is InChI=1S/C15H20N4O2/c1-21-8-7-18-14(20)10-19-11-17-9-13(19)15(16)12-5-3-2-4-6-12/h2-6,9,11,15H,7-8,10,16H2,1H3,(H,18,20). The molecule has 2 aromatic rings. The minimum Gasteiger partial charge on any atom is -0.383 e. The maximum atomic E-state index is 11.8. The molecule has 0 saturated heterocycles. The lowest BCUT2D eigenvalue weighted by atomic mass is 10.1. The average molecular weight is 288 g/mol. The van der Waals surface area contributed by atoms with E-state index in [0.29, 0.717) is 13.2 Å². The van der Waals surface area contributed by atoms with Crippen LogP contribution in [0.1, 0.15) is 17.3 Å². The molecule has 0 aliphatic heterocycles. The second-order valence-electron chi connectivity index (χ2n) is 4.68. The number of rotatable bonds is 7.